The van der Waals surface area contributed by atoms with Crippen LogP contribution in [0.2, 0.25) is 0 Å². The van der Waals surface area contributed by atoms with Crippen molar-refractivity contribution in [2.75, 3.05) is 0 Å². The van der Waals surface area contributed by atoms with E-state index in [0.29, 0.717) is 4.88 Å². The van der Waals surface area contributed by atoms with Gasteiger partial charge in [0.2, 0.25) is 0 Å². The van der Waals surface area contributed by atoms with E-state index in [1.807, 2.05) is 6.07 Å². The van der Waals surface area contributed by atoms with Gasteiger partial charge in [0.25, 0.3) is 5.91 Å². The lowest BCUT2D eigenvalue weighted by Crippen LogP contribution is -2.41. The number of rotatable bonds is 2. The number of fused-ring (bicyclic) bond motifs is 1. The van der Waals surface area contributed by atoms with Gasteiger partial charge in [-0.15, -0.1) is 11.3 Å². The van der Waals surface area contributed by atoms with Crippen LogP contribution in [0.4, 0.5) is 0 Å². The highest BCUT2D eigenvalue weighted by atomic mass is 32.1. The molecule has 1 aliphatic rings. The Bertz CT molecular complexity index is 692. The van der Waals surface area contributed by atoms with Crippen molar-refractivity contribution in [3.63, 3.8) is 0 Å². The molecule has 0 aromatic carbocycles. The lowest BCUT2D eigenvalue weighted by molar-refractivity contribution is 0.0832. The van der Waals surface area contributed by atoms with Crippen LogP contribution >= 0.6 is 11.3 Å². The summed E-state index contributed by atoms with van der Waals surface area (Å²) < 4.78 is 5.10. The third-order valence-electron chi connectivity index (χ3n) is 4.08. The lowest BCUT2D eigenvalue weighted by Gasteiger charge is -2.07. The van der Waals surface area contributed by atoms with E-state index >= 15 is 0 Å². The van der Waals surface area contributed by atoms with Gasteiger partial charge < -0.3 is 4.42 Å². The van der Waals surface area contributed by atoms with Crippen LogP contribution in [0.25, 0.3) is 0 Å². The molecule has 5 nitrogen and oxygen atoms in total. The zero-order chi connectivity index (χ0) is 16.2. The van der Waals surface area contributed by atoms with Gasteiger partial charge in [0.1, 0.15) is 0 Å². The Morgan fingerprint density at radius 1 is 1.09 bits per heavy atom. The van der Waals surface area contributed by atoms with E-state index in [4.69, 9.17) is 4.42 Å². The molecule has 2 aromatic heterocycles. The Kier molecular flexibility index (Phi) is 4.81. The number of aryl methyl sites for hydroxylation is 3. The highest BCUT2D eigenvalue weighted by Crippen LogP contribution is 2.28. The number of amides is 2. The minimum atomic E-state index is -0.448. The molecule has 2 N–H and O–H groups in total. The van der Waals surface area contributed by atoms with Crippen molar-refractivity contribution in [2.24, 2.45) is 0 Å². The molecular weight excluding hydrogens is 312 g/mol. The maximum absolute atomic E-state index is 12.2. The van der Waals surface area contributed by atoms with Crippen LogP contribution in [-0.2, 0) is 12.8 Å². The molecule has 2 aromatic rings. The molecule has 2 heterocycles. The van der Waals surface area contributed by atoms with Crippen molar-refractivity contribution in [3.05, 3.63) is 45.0 Å². The number of nitrogens with one attached hydrogen (secondary N) is 2. The van der Waals surface area contributed by atoms with Gasteiger partial charge in [-0.2, -0.15) is 0 Å². The minimum Gasteiger partial charge on any atom is -0.459 e. The normalized spacial score (nSPS) is 14.5. The molecule has 3 rings (SSSR count). The van der Waals surface area contributed by atoms with Crippen LogP contribution in [0.15, 0.2) is 22.8 Å². The van der Waals surface area contributed by atoms with Gasteiger partial charge in [-0.3, -0.25) is 20.4 Å². The summed E-state index contributed by atoms with van der Waals surface area (Å²) in [4.78, 5) is 26.1. The van der Waals surface area contributed by atoms with Crippen molar-refractivity contribution in [2.45, 2.75) is 45.4 Å². The predicted molar refractivity (Wildman–Crippen MR) is 88.6 cm³/mol. The minimum absolute atomic E-state index is 0.212. The maximum Gasteiger partial charge on any atom is 0.305 e. The second kappa shape index (κ2) is 7.00. The second-order valence-corrected chi connectivity index (χ2v) is 6.95. The smallest absolute Gasteiger partial charge is 0.305 e. The van der Waals surface area contributed by atoms with Crippen LogP contribution in [0, 0.1) is 6.92 Å². The van der Waals surface area contributed by atoms with E-state index in [1.165, 1.54) is 53.7 Å². The molecule has 0 atom stereocenters. The molecule has 0 saturated carbocycles. The third-order valence-corrected chi connectivity index (χ3v) is 5.31. The van der Waals surface area contributed by atoms with Gasteiger partial charge in [-0.05, 0) is 50.3 Å². The maximum atomic E-state index is 12.2. The van der Waals surface area contributed by atoms with Gasteiger partial charge >= 0.3 is 5.91 Å². The zero-order valence-electron chi connectivity index (χ0n) is 13.1. The first-order chi connectivity index (χ1) is 11.1. The van der Waals surface area contributed by atoms with E-state index in [-0.39, 0.29) is 11.7 Å². The molecule has 0 fully saturated rings. The molecule has 1 aliphatic carbocycles. The molecular formula is C17H20N2O3S. The predicted octanol–water partition coefficient (Wildman–Crippen LogP) is 3.38. The summed E-state index contributed by atoms with van der Waals surface area (Å²) in [5, 5.41) is 0. The molecule has 0 bridgehead atoms. The summed E-state index contributed by atoms with van der Waals surface area (Å²) in [5.74, 6) is -0.515. The summed E-state index contributed by atoms with van der Waals surface area (Å²) >= 11 is 1.53. The number of hydrogen-bond acceptors (Lipinski definition) is 4. The van der Waals surface area contributed by atoms with Crippen LogP contribution in [0.3, 0.4) is 0 Å². The van der Waals surface area contributed by atoms with Crippen molar-refractivity contribution in [1.82, 2.24) is 10.9 Å². The highest BCUT2D eigenvalue weighted by Gasteiger charge is 2.18. The molecule has 0 unspecified atom stereocenters. The highest BCUT2D eigenvalue weighted by molar-refractivity contribution is 7.14. The van der Waals surface area contributed by atoms with E-state index in [1.54, 1.807) is 13.0 Å². The average Bonchev–Trinajstić information content (AvgIpc) is 3.11. The standard InChI is InChI=1S/C17H20N2O3S/c1-11-8-9-22-15(11)17(21)19-18-16(20)14-10-12-6-4-2-3-5-7-13(12)23-14/h8-10H,2-7H2,1H3,(H,18,20)(H,19,21). The fourth-order valence-corrected chi connectivity index (χ4v) is 3.94. The van der Waals surface area contributed by atoms with Crippen molar-refractivity contribution in [1.29, 1.82) is 0 Å². The monoisotopic (exact) mass is 332 g/mol. The Morgan fingerprint density at radius 3 is 2.57 bits per heavy atom. The first-order valence-electron chi connectivity index (χ1n) is 7.91. The fourth-order valence-electron chi connectivity index (χ4n) is 2.79. The third kappa shape index (κ3) is 3.64. The van der Waals surface area contributed by atoms with Gasteiger partial charge in [-0.1, -0.05) is 12.8 Å². The van der Waals surface area contributed by atoms with E-state index in [0.717, 1.165) is 18.4 Å². The van der Waals surface area contributed by atoms with Crippen LogP contribution in [-0.4, -0.2) is 11.8 Å². The summed E-state index contributed by atoms with van der Waals surface area (Å²) in [7, 11) is 0. The number of furan rings is 1. The van der Waals surface area contributed by atoms with E-state index in [9.17, 15) is 9.59 Å². The SMILES string of the molecule is Cc1ccoc1C(=O)NNC(=O)c1cc2c(s1)CCCCCC2. The van der Waals surface area contributed by atoms with E-state index < -0.39 is 5.91 Å². The number of carbonyl (C=O) groups excluding carboxylic acids is 2. The molecule has 6 heteroatoms. The molecule has 0 spiro atoms. The largest absolute Gasteiger partial charge is 0.459 e. The van der Waals surface area contributed by atoms with Gasteiger partial charge in [0.05, 0.1) is 11.1 Å². The van der Waals surface area contributed by atoms with Crippen molar-refractivity contribution >= 4 is 23.2 Å². The van der Waals surface area contributed by atoms with E-state index in [2.05, 4.69) is 10.9 Å². The Morgan fingerprint density at radius 2 is 1.83 bits per heavy atom. The number of carbonyl (C=O) groups is 2. The molecule has 2 amide bonds. The lowest BCUT2D eigenvalue weighted by atomic mass is 10.00. The number of hydrogen-bond donors (Lipinski definition) is 2. The zero-order valence-corrected chi connectivity index (χ0v) is 13.9. The first-order valence-corrected chi connectivity index (χ1v) is 8.73. The van der Waals surface area contributed by atoms with Crippen molar-refractivity contribution < 1.29 is 14.0 Å². The summed E-state index contributed by atoms with van der Waals surface area (Å²) in [6.07, 6.45) is 8.42. The Labute approximate surface area is 139 Å². The quantitative estimate of drug-likeness (QED) is 0.828. The summed E-state index contributed by atoms with van der Waals surface area (Å²) in [6.45, 7) is 1.78. The van der Waals surface area contributed by atoms with Gasteiger partial charge in [0, 0.05) is 10.4 Å². The summed E-state index contributed by atoms with van der Waals surface area (Å²) in [6, 6.07) is 3.67. The second-order valence-electron chi connectivity index (χ2n) is 5.81. The molecule has 23 heavy (non-hydrogen) atoms. The van der Waals surface area contributed by atoms with Crippen molar-refractivity contribution in [3.8, 4) is 0 Å². The van der Waals surface area contributed by atoms with Crippen LogP contribution in [0.5, 0.6) is 0 Å². The van der Waals surface area contributed by atoms with Crippen LogP contribution < -0.4 is 10.9 Å². The molecule has 0 saturated heterocycles. The molecule has 122 valence electrons. The number of thiophene rings is 1. The van der Waals surface area contributed by atoms with Gasteiger partial charge in [-0.25, -0.2) is 0 Å². The molecule has 0 radical (unpaired) electrons. The summed E-state index contributed by atoms with van der Waals surface area (Å²) in [5.41, 5.74) is 6.89. The number of hydrazine groups is 1. The Hall–Kier alpha value is -2.08. The topological polar surface area (TPSA) is 71.3 Å². The van der Waals surface area contributed by atoms with Crippen LogP contribution in [0.1, 0.15) is 61.9 Å². The average molecular weight is 332 g/mol. The van der Waals surface area contributed by atoms with Gasteiger partial charge in [0.15, 0.2) is 5.76 Å². The molecule has 0 aliphatic heterocycles. The first kappa shape index (κ1) is 15.8. The fraction of sp³-hybridized carbons (Fsp3) is 0.412. The Balaban J connectivity index is 1.63.